The Morgan fingerprint density at radius 1 is 0.861 bits per heavy atom. The molecule has 0 radical (unpaired) electrons. The predicted molar refractivity (Wildman–Crippen MR) is 145 cm³/mol. The molecule has 1 saturated heterocycles. The number of nitrogens with one attached hydrogen (secondary N) is 2. The topological polar surface area (TPSA) is 73.9 Å². The SMILES string of the molecule is COc1ccccc1NC(=O)c1ccc(NC(=O)CCN2CCN(c3cccc(C)c3C)CC2)cc1. The number of anilines is 3. The van der Waals surface area contributed by atoms with E-state index in [0.717, 1.165) is 32.7 Å². The van der Waals surface area contributed by atoms with E-state index in [9.17, 15) is 9.59 Å². The van der Waals surface area contributed by atoms with Crippen LogP contribution < -0.4 is 20.3 Å². The van der Waals surface area contributed by atoms with Crippen molar-refractivity contribution in [2.24, 2.45) is 0 Å². The zero-order valence-electron chi connectivity index (χ0n) is 21.2. The number of hydrogen-bond acceptors (Lipinski definition) is 5. The summed E-state index contributed by atoms with van der Waals surface area (Å²) in [5, 5.41) is 5.79. The standard InChI is InChI=1S/C29H34N4O3/c1-21-7-6-9-26(22(21)2)33-19-17-32(18-20-33)16-15-28(34)30-24-13-11-23(12-14-24)29(35)31-25-8-4-5-10-27(25)36-3/h4-14H,15-20H2,1-3H3,(H,30,34)(H,31,35). The Morgan fingerprint density at radius 3 is 2.31 bits per heavy atom. The van der Waals surface area contributed by atoms with Crippen molar-refractivity contribution in [2.75, 3.05) is 55.4 Å². The van der Waals surface area contributed by atoms with Gasteiger partial charge in [0, 0.05) is 56.1 Å². The minimum absolute atomic E-state index is 0.0295. The highest BCUT2D eigenvalue weighted by Gasteiger charge is 2.19. The van der Waals surface area contributed by atoms with E-state index in [0.29, 0.717) is 29.1 Å². The molecule has 0 spiro atoms. The first-order valence-corrected chi connectivity index (χ1v) is 12.3. The van der Waals surface area contributed by atoms with Crippen LogP contribution in [0.1, 0.15) is 27.9 Å². The monoisotopic (exact) mass is 486 g/mol. The number of nitrogens with zero attached hydrogens (tertiary/aromatic N) is 2. The van der Waals surface area contributed by atoms with Crippen molar-refractivity contribution < 1.29 is 14.3 Å². The number of methoxy groups -OCH3 is 1. The molecule has 2 N–H and O–H groups in total. The van der Waals surface area contributed by atoms with Crippen LogP contribution in [0.2, 0.25) is 0 Å². The summed E-state index contributed by atoms with van der Waals surface area (Å²) in [6.07, 6.45) is 0.430. The number of aryl methyl sites for hydroxylation is 1. The molecule has 0 bridgehead atoms. The minimum Gasteiger partial charge on any atom is -0.495 e. The lowest BCUT2D eigenvalue weighted by atomic mass is 10.1. The smallest absolute Gasteiger partial charge is 0.255 e. The Balaban J connectivity index is 1.22. The van der Waals surface area contributed by atoms with Crippen LogP contribution in [-0.4, -0.2) is 56.5 Å². The first-order chi connectivity index (χ1) is 17.4. The predicted octanol–water partition coefficient (Wildman–Crippen LogP) is 4.72. The number of amides is 2. The van der Waals surface area contributed by atoms with Gasteiger partial charge >= 0.3 is 0 Å². The van der Waals surface area contributed by atoms with E-state index in [-0.39, 0.29) is 11.8 Å². The molecular formula is C29H34N4O3. The van der Waals surface area contributed by atoms with Crippen LogP contribution in [0.15, 0.2) is 66.7 Å². The van der Waals surface area contributed by atoms with Gasteiger partial charge in [0.15, 0.2) is 0 Å². The van der Waals surface area contributed by atoms with Gasteiger partial charge < -0.3 is 20.3 Å². The third-order valence-electron chi connectivity index (χ3n) is 6.73. The van der Waals surface area contributed by atoms with Crippen LogP contribution in [0, 0.1) is 13.8 Å². The molecule has 2 amide bonds. The van der Waals surface area contributed by atoms with Gasteiger partial charge in [-0.25, -0.2) is 0 Å². The maximum absolute atomic E-state index is 12.6. The van der Waals surface area contributed by atoms with Crippen molar-refractivity contribution in [1.82, 2.24) is 4.90 Å². The number of piperazine rings is 1. The van der Waals surface area contributed by atoms with Crippen LogP contribution in [0.25, 0.3) is 0 Å². The zero-order valence-corrected chi connectivity index (χ0v) is 21.2. The van der Waals surface area contributed by atoms with E-state index in [2.05, 4.69) is 52.5 Å². The number of ether oxygens (including phenoxy) is 1. The number of benzene rings is 3. The van der Waals surface area contributed by atoms with Gasteiger partial charge in [0.2, 0.25) is 5.91 Å². The van der Waals surface area contributed by atoms with Crippen LogP contribution in [-0.2, 0) is 4.79 Å². The molecule has 1 aliphatic heterocycles. The lowest BCUT2D eigenvalue weighted by molar-refractivity contribution is -0.116. The average molecular weight is 487 g/mol. The highest BCUT2D eigenvalue weighted by atomic mass is 16.5. The van der Waals surface area contributed by atoms with Crippen LogP contribution >= 0.6 is 0 Å². The summed E-state index contributed by atoms with van der Waals surface area (Å²) in [6, 6.07) is 20.6. The van der Waals surface area contributed by atoms with Crippen molar-refractivity contribution in [3.8, 4) is 5.75 Å². The second kappa shape index (κ2) is 11.7. The third kappa shape index (κ3) is 6.23. The first kappa shape index (κ1) is 25.3. The summed E-state index contributed by atoms with van der Waals surface area (Å²) in [5.74, 6) is 0.331. The van der Waals surface area contributed by atoms with Gasteiger partial charge in [0.25, 0.3) is 5.91 Å². The molecule has 0 aliphatic carbocycles. The quantitative estimate of drug-likeness (QED) is 0.482. The molecule has 7 heteroatoms. The molecule has 0 aromatic heterocycles. The van der Waals surface area contributed by atoms with Gasteiger partial charge in [-0.15, -0.1) is 0 Å². The van der Waals surface area contributed by atoms with Gasteiger partial charge in [-0.2, -0.15) is 0 Å². The largest absolute Gasteiger partial charge is 0.495 e. The van der Waals surface area contributed by atoms with Gasteiger partial charge in [-0.05, 0) is 67.4 Å². The molecule has 0 atom stereocenters. The average Bonchev–Trinajstić information content (AvgIpc) is 2.90. The lowest BCUT2D eigenvalue weighted by Gasteiger charge is -2.37. The fourth-order valence-electron chi connectivity index (χ4n) is 4.42. The van der Waals surface area contributed by atoms with Crippen LogP contribution in [0.3, 0.4) is 0 Å². The van der Waals surface area contributed by atoms with E-state index >= 15 is 0 Å². The minimum atomic E-state index is -0.239. The molecule has 3 aromatic carbocycles. The summed E-state index contributed by atoms with van der Waals surface area (Å²) in [7, 11) is 1.56. The Hall–Kier alpha value is -3.84. The molecule has 188 valence electrons. The van der Waals surface area contributed by atoms with E-state index in [1.807, 2.05) is 12.1 Å². The van der Waals surface area contributed by atoms with E-state index in [1.54, 1.807) is 43.5 Å². The molecule has 1 heterocycles. The maximum Gasteiger partial charge on any atom is 0.255 e. The molecule has 3 aromatic rings. The highest BCUT2D eigenvalue weighted by Crippen LogP contribution is 2.25. The Bertz CT molecular complexity index is 1200. The van der Waals surface area contributed by atoms with Crippen LogP contribution in [0.4, 0.5) is 17.1 Å². The number of hydrogen-bond donors (Lipinski definition) is 2. The number of carbonyl (C=O) groups excluding carboxylic acids is 2. The normalized spacial score (nSPS) is 13.8. The third-order valence-corrected chi connectivity index (χ3v) is 6.73. The molecule has 36 heavy (non-hydrogen) atoms. The molecule has 7 nitrogen and oxygen atoms in total. The summed E-state index contributed by atoms with van der Waals surface area (Å²) >= 11 is 0. The van der Waals surface area contributed by atoms with Crippen molar-refractivity contribution in [2.45, 2.75) is 20.3 Å². The Kier molecular flexibility index (Phi) is 8.23. The summed E-state index contributed by atoms with van der Waals surface area (Å²) in [4.78, 5) is 29.9. The highest BCUT2D eigenvalue weighted by molar-refractivity contribution is 6.05. The van der Waals surface area contributed by atoms with Gasteiger partial charge in [-0.1, -0.05) is 24.3 Å². The molecule has 1 fully saturated rings. The fourth-order valence-corrected chi connectivity index (χ4v) is 4.42. The number of para-hydroxylation sites is 2. The van der Waals surface area contributed by atoms with Gasteiger partial charge in [0.1, 0.15) is 5.75 Å². The molecule has 4 rings (SSSR count). The second-order valence-electron chi connectivity index (χ2n) is 9.08. The van der Waals surface area contributed by atoms with Crippen LogP contribution in [0.5, 0.6) is 5.75 Å². The van der Waals surface area contributed by atoms with E-state index < -0.39 is 0 Å². The van der Waals surface area contributed by atoms with Gasteiger partial charge in [0.05, 0.1) is 12.8 Å². The van der Waals surface area contributed by atoms with Crippen molar-refractivity contribution in [1.29, 1.82) is 0 Å². The van der Waals surface area contributed by atoms with E-state index in [4.69, 9.17) is 4.74 Å². The van der Waals surface area contributed by atoms with Crippen molar-refractivity contribution in [3.05, 3.63) is 83.4 Å². The summed E-state index contributed by atoms with van der Waals surface area (Å²) < 4.78 is 5.28. The second-order valence-corrected chi connectivity index (χ2v) is 9.08. The number of rotatable bonds is 8. The van der Waals surface area contributed by atoms with Crippen molar-refractivity contribution >= 4 is 28.9 Å². The zero-order chi connectivity index (χ0) is 25.5. The summed E-state index contributed by atoms with van der Waals surface area (Å²) in [5.41, 5.74) is 5.75. The van der Waals surface area contributed by atoms with Gasteiger partial charge in [-0.3, -0.25) is 14.5 Å². The number of carbonyl (C=O) groups is 2. The molecule has 1 aliphatic rings. The Morgan fingerprint density at radius 2 is 1.58 bits per heavy atom. The Labute approximate surface area is 213 Å². The summed E-state index contributed by atoms with van der Waals surface area (Å²) in [6.45, 7) is 8.87. The maximum atomic E-state index is 12.6. The molecular weight excluding hydrogens is 452 g/mol. The lowest BCUT2D eigenvalue weighted by Crippen LogP contribution is -2.47. The molecule has 0 unspecified atom stereocenters. The van der Waals surface area contributed by atoms with Crippen molar-refractivity contribution in [3.63, 3.8) is 0 Å². The molecule has 0 saturated carbocycles. The van der Waals surface area contributed by atoms with E-state index in [1.165, 1.54) is 16.8 Å². The fraction of sp³-hybridized carbons (Fsp3) is 0.310. The first-order valence-electron chi connectivity index (χ1n) is 12.3.